The molecule has 0 bridgehead atoms. The quantitative estimate of drug-likeness (QED) is 0.763. The summed E-state index contributed by atoms with van der Waals surface area (Å²) in [6.45, 7) is 4.83. The molecule has 0 amide bonds. The fourth-order valence-corrected chi connectivity index (χ4v) is 1.22. The highest BCUT2D eigenvalue weighted by Crippen LogP contribution is 2.13. The van der Waals surface area contributed by atoms with Crippen LogP contribution in [0.4, 0.5) is 0 Å². The molecule has 0 aliphatic rings. The van der Waals surface area contributed by atoms with E-state index in [9.17, 15) is 9.59 Å². The number of Topliss-reactive ketones (excluding diaryl/α,β-unsaturated/α-hetero) is 1. The van der Waals surface area contributed by atoms with Gasteiger partial charge in [0, 0.05) is 6.42 Å². The zero-order valence-electron chi connectivity index (χ0n) is 9.60. The summed E-state index contributed by atoms with van der Waals surface area (Å²) in [4.78, 5) is 21.4. The normalized spacial score (nSPS) is 9.71. The van der Waals surface area contributed by atoms with Gasteiger partial charge in [-0.3, -0.25) is 4.79 Å². The van der Waals surface area contributed by atoms with E-state index < -0.39 is 5.97 Å². The number of hydrogen-bond donors (Lipinski definition) is 1. The van der Waals surface area contributed by atoms with Crippen molar-refractivity contribution >= 4 is 11.8 Å². The van der Waals surface area contributed by atoms with Gasteiger partial charge in [-0.15, -0.1) is 0 Å². The van der Waals surface area contributed by atoms with Crippen LogP contribution in [-0.4, -0.2) is 23.5 Å². The molecule has 0 saturated heterocycles. The highest BCUT2D eigenvalue weighted by Gasteiger charge is 2.04. The summed E-state index contributed by atoms with van der Waals surface area (Å²) in [6, 6.07) is 6.96. The van der Waals surface area contributed by atoms with Crippen LogP contribution in [0.5, 0.6) is 5.75 Å². The van der Waals surface area contributed by atoms with Crippen LogP contribution in [0.3, 0.4) is 0 Å². The minimum Gasteiger partial charge on any atom is -0.489 e. The van der Waals surface area contributed by atoms with E-state index in [2.05, 4.69) is 6.58 Å². The van der Waals surface area contributed by atoms with Gasteiger partial charge >= 0.3 is 5.97 Å². The molecule has 1 N–H and O–H groups in total. The predicted molar refractivity (Wildman–Crippen MR) is 63.1 cm³/mol. The lowest BCUT2D eigenvalue weighted by Crippen LogP contribution is -2.08. The van der Waals surface area contributed by atoms with Crippen molar-refractivity contribution in [3.63, 3.8) is 0 Å². The van der Waals surface area contributed by atoms with Gasteiger partial charge < -0.3 is 9.84 Å². The largest absolute Gasteiger partial charge is 0.489 e. The molecule has 0 atom stereocenters. The fraction of sp³-hybridized carbons (Fsp3) is 0.231. The van der Waals surface area contributed by atoms with Gasteiger partial charge in [-0.1, -0.05) is 18.7 Å². The lowest BCUT2D eigenvalue weighted by Gasteiger charge is -2.06. The standard InChI is InChI=1S/C13H14O4/c1-9(13(15)16)8-17-12-5-3-11(4-6-12)7-10(2)14/h3-6H,1,7-8H2,2H3,(H,15,16). The first-order chi connectivity index (χ1) is 7.99. The number of carboxylic acid groups (broad SMARTS) is 1. The molecule has 90 valence electrons. The first-order valence-corrected chi connectivity index (χ1v) is 5.11. The zero-order chi connectivity index (χ0) is 12.8. The van der Waals surface area contributed by atoms with Crippen molar-refractivity contribution in [2.24, 2.45) is 0 Å². The van der Waals surface area contributed by atoms with Crippen LogP contribution in [0.25, 0.3) is 0 Å². The topological polar surface area (TPSA) is 63.6 Å². The molecule has 4 nitrogen and oxygen atoms in total. The number of benzene rings is 1. The van der Waals surface area contributed by atoms with Crippen molar-refractivity contribution < 1.29 is 19.4 Å². The van der Waals surface area contributed by atoms with E-state index in [0.29, 0.717) is 12.2 Å². The number of carboxylic acids is 1. The molecule has 4 heteroatoms. The van der Waals surface area contributed by atoms with E-state index in [1.807, 2.05) is 0 Å². The zero-order valence-corrected chi connectivity index (χ0v) is 9.60. The SMILES string of the molecule is C=C(COc1ccc(CC(C)=O)cc1)C(=O)O. The third kappa shape index (κ3) is 4.51. The second-order valence-corrected chi connectivity index (χ2v) is 3.72. The Balaban J connectivity index is 2.54. The van der Waals surface area contributed by atoms with E-state index in [0.717, 1.165) is 5.56 Å². The van der Waals surface area contributed by atoms with Gasteiger partial charge in [-0.25, -0.2) is 4.79 Å². The molecule has 0 aliphatic carbocycles. The number of rotatable bonds is 6. The van der Waals surface area contributed by atoms with Crippen molar-refractivity contribution in [2.75, 3.05) is 6.61 Å². The Morgan fingerprint density at radius 1 is 1.29 bits per heavy atom. The van der Waals surface area contributed by atoms with Crippen molar-refractivity contribution in [3.05, 3.63) is 42.0 Å². The summed E-state index contributed by atoms with van der Waals surface area (Å²) in [6.07, 6.45) is 0.391. The number of aliphatic carboxylic acids is 1. The molecule has 0 aliphatic heterocycles. The van der Waals surface area contributed by atoms with Gasteiger partial charge in [-0.05, 0) is 24.6 Å². The van der Waals surface area contributed by atoms with Gasteiger partial charge in [0.2, 0.25) is 0 Å². The molecule has 1 rings (SSSR count). The summed E-state index contributed by atoms with van der Waals surface area (Å²) in [7, 11) is 0. The molecular formula is C13H14O4. The summed E-state index contributed by atoms with van der Waals surface area (Å²) in [5, 5.41) is 8.59. The van der Waals surface area contributed by atoms with Crippen molar-refractivity contribution in [2.45, 2.75) is 13.3 Å². The van der Waals surface area contributed by atoms with Crippen LogP contribution in [0.1, 0.15) is 12.5 Å². The van der Waals surface area contributed by atoms with E-state index >= 15 is 0 Å². The van der Waals surface area contributed by atoms with Crippen LogP contribution in [0.2, 0.25) is 0 Å². The first-order valence-electron chi connectivity index (χ1n) is 5.11. The Hall–Kier alpha value is -2.10. The summed E-state index contributed by atoms with van der Waals surface area (Å²) in [5.41, 5.74) is 0.903. The Bertz CT molecular complexity index is 431. The summed E-state index contributed by atoms with van der Waals surface area (Å²) < 4.78 is 5.22. The molecular weight excluding hydrogens is 220 g/mol. The number of ketones is 1. The minimum atomic E-state index is -1.07. The van der Waals surface area contributed by atoms with Crippen molar-refractivity contribution in [3.8, 4) is 5.75 Å². The monoisotopic (exact) mass is 234 g/mol. The number of hydrogen-bond acceptors (Lipinski definition) is 3. The molecule has 0 unspecified atom stereocenters. The van der Waals surface area contributed by atoms with Crippen LogP contribution < -0.4 is 4.74 Å². The van der Waals surface area contributed by atoms with E-state index in [1.165, 1.54) is 6.92 Å². The van der Waals surface area contributed by atoms with Crippen LogP contribution >= 0.6 is 0 Å². The van der Waals surface area contributed by atoms with Crippen molar-refractivity contribution in [1.29, 1.82) is 0 Å². The lowest BCUT2D eigenvalue weighted by atomic mass is 10.1. The Morgan fingerprint density at radius 2 is 1.88 bits per heavy atom. The molecule has 1 aromatic rings. The number of ether oxygens (including phenoxy) is 1. The number of carbonyl (C=O) groups is 2. The minimum absolute atomic E-state index is 0.00203. The van der Waals surface area contributed by atoms with Crippen molar-refractivity contribution in [1.82, 2.24) is 0 Å². The molecule has 0 saturated carbocycles. The molecule has 1 aromatic carbocycles. The third-order valence-corrected chi connectivity index (χ3v) is 2.09. The maximum atomic E-state index is 10.9. The Kier molecular flexibility index (Phi) is 4.46. The number of carbonyl (C=O) groups excluding carboxylic acids is 1. The van der Waals surface area contributed by atoms with E-state index in [4.69, 9.17) is 9.84 Å². The van der Waals surface area contributed by atoms with Gasteiger partial charge in [-0.2, -0.15) is 0 Å². The first kappa shape index (κ1) is 13.0. The van der Waals surface area contributed by atoms with Gasteiger partial charge in [0.05, 0.1) is 5.57 Å². The van der Waals surface area contributed by atoms with Crippen LogP contribution in [-0.2, 0) is 16.0 Å². The van der Waals surface area contributed by atoms with E-state index in [1.54, 1.807) is 24.3 Å². The summed E-state index contributed by atoms with van der Waals surface area (Å²) in [5.74, 6) is -0.421. The molecule has 0 spiro atoms. The molecule has 0 fully saturated rings. The Morgan fingerprint density at radius 3 is 2.35 bits per heavy atom. The maximum absolute atomic E-state index is 10.9. The maximum Gasteiger partial charge on any atom is 0.334 e. The van der Waals surface area contributed by atoms with Crippen LogP contribution in [0.15, 0.2) is 36.4 Å². The lowest BCUT2D eigenvalue weighted by molar-refractivity contribution is -0.133. The van der Waals surface area contributed by atoms with Gasteiger partial charge in [0.15, 0.2) is 0 Å². The average Bonchev–Trinajstić information content (AvgIpc) is 2.26. The third-order valence-electron chi connectivity index (χ3n) is 2.09. The molecule has 0 heterocycles. The highest BCUT2D eigenvalue weighted by atomic mass is 16.5. The second kappa shape index (κ2) is 5.84. The molecule has 0 aromatic heterocycles. The predicted octanol–water partition coefficient (Wildman–Crippen LogP) is 1.84. The van der Waals surface area contributed by atoms with Gasteiger partial charge in [0.25, 0.3) is 0 Å². The Labute approximate surface area is 99.5 Å². The highest BCUT2D eigenvalue weighted by molar-refractivity contribution is 5.86. The van der Waals surface area contributed by atoms with Crippen LogP contribution in [0, 0.1) is 0 Å². The second-order valence-electron chi connectivity index (χ2n) is 3.72. The molecule has 0 radical (unpaired) electrons. The summed E-state index contributed by atoms with van der Waals surface area (Å²) >= 11 is 0. The van der Waals surface area contributed by atoms with Gasteiger partial charge in [0.1, 0.15) is 18.1 Å². The molecule has 17 heavy (non-hydrogen) atoms. The fourth-order valence-electron chi connectivity index (χ4n) is 1.22. The smallest absolute Gasteiger partial charge is 0.334 e. The average molecular weight is 234 g/mol. The van der Waals surface area contributed by atoms with E-state index in [-0.39, 0.29) is 18.0 Å².